The van der Waals surface area contributed by atoms with E-state index in [-0.39, 0.29) is 5.56 Å². The average Bonchev–Trinajstić information content (AvgIpc) is 2.63. The number of carbonyl (C=O) groups excluding carboxylic acids is 1. The highest BCUT2D eigenvalue weighted by atomic mass is 16.2. The number of benzene rings is 2. The van der Waals surface area contributed by atoms with Crippen molar-refractivity contribution in [3.8, 4) is 5.69 Å². The molecule has 3 rings (SSSR count). The van der Waals surface area contributed by atoms with Gasteiger partial charge in [-0.1, -0.05) is 37.3 Å². The quantitative estimate of drug-likeness (QED) is 0.767. The first kappa shape index (κ1) is 16.4. The van der Waals surface area contributed by atoms with Gasteiger partial charge >= 0.3 is 5.69 Å². The lowest BCUT2D eigenvalue weighted by Gasteiger charge is -2.08. The summed E-state index contributed by atoms with van der Waals surface area (Å²) in [6, 6.07) is 15.8. The summed E-state index contributed by atoms with van der Waals surface area (Å²) in [4.78, 5) is 39.5. The summed E-state index contributed by atoms with van der Waals surface area (Å²) in [5.41, 5.74) is 0.726. The van der Waals surface area contributed by atoms with Crippen LogP contribution in [0.1, 0.15) is 22.8 Å². The van der Waals surface area contributed by atoms with Crippen LogP contribution in [0.15, 0.2) is 70.4 Å². The summed E-state index contributed by atoms with van der Waals surface area (Å²) in [6.45, 7) is 2.04. The van der Waals surface area contributed by atoms with Gasteiger partial charge < -0.3 is 10.3 Å². The fourth-order valence-electron chi connectivity index (χ4n) is 2.47. The molecular weight excluding hydrogens is 318 g/mol. The first-order chi connectivity index (χ1) is 12.1. The van der Waals surface area contributed by atoms with Crippen molar-refractivity contribution in [3.05, 3.63) is 92.8 Å². The van der Waals surface area contributed by atoms with Crippen LogP contribution in [-0.4, -0.2) is 15.5 Å². The molecule has 0 radical (unpaired) electrons. The van der Waals surface area contributed by atoms with Gasteiger partial charge in [-0.15, -0.1) is 0 Å². The zero-order chi connectivity index (χ0) is 17.8. The molecule has 0 aliphatic carbocycles. The van der Waals surface area contributed by atoms with Crippen LogP contribution in [0.3, 0.4) is 0 Å². The van der Waals surface area contributed by atoms with Crippen molar-refractivity contribution in [2.75, 3.05) is 5.32 Å². The van der Waals surface area contributed by atoms with Crippen LogP contribution in [0.4, 0.5) is 5.69 Å². The van der Waals surface area contributed by atoms with Crippen LogP contribution < -0.4 is 16.6 Å². The Morgan fingerprint density at radius 1 is 1.04 bits per heavy atom. The number of hydrogen-bond donors (Lipinski definition) is 2. The van der Waals surface area contributed by atoms with Gasteiger partial charge in [-0.25, -0.2) is 9.36 Å². The normalized spacial score (nSPS) is 10.4. The van der Waals surface area contributed by atoms with Crippen molar-refractivity contribution in [2.45, 2.75) is 13.3 Å². The highest BCUT2D eigenvalue weighted by molar-refractivity contribution is 6.03. The zero-order valence-corrected chi connectivity index (χ0v) is 13.7. The molecule has 1 amide bonds. The monoisotopic (exact) mass is 335 g/mol. The van der Waals surface area contributed by atoms with E-state index in [4.69, 9.17) is 0 Å². The number of anilines is 1. The van der Waals surface area contributed by atoms with Crippen molar-refractivity contribution in [1.82, 2.24) is 9.55 Å². The van der Waals surface area contributed by atoms with Crippen LogP contribution in [0.2, 0.25) is 0 Å². The van der Waals surface area contributed by atoms with Gasteiger partial charge in [0.05, 0.1) is 5.69 Å². The van der Waals surface area contributed by atoms with E-state index in [1.807, 2.05) is 19.1 Å². The second-order valence-electron chi connectivity index (χ2n) is 5.49. The zero-order valence-electron chi connectivity index (χ0n) is 13.7. The number of hydrogen-bond acceptors (Lipinski definition) is 3. The molecule has 0 aliphatic rings. The molecule has 2 aromatic carbocycles. The third-order valence-corrected chi connectivity index (χ3v) is 3.86. The third-order valence-electron chi connectivity index (χ3n) is 3.86. The van der Waals surface area contributed by atoms with Gasteiger partial charge in [-0.05, 0) is 36.2 Å². The molecule has 0 unspecified atom stereocenters. The molecule has 1 aromatic heterocycles. The van der Waals surface area contributed by atoms with Crippen LogP contribution in [0.5, 0.6) is 0 Å². The van der Waals surface area contributed by atoms with E-state index in [0.717, 1.165) is 22.7 Å². The summed E-state index contributed by atoms with van der Waals surface area (Å²) in [5.74, 6) is -0.574. The highest BCUT2D eigenvalue weighted by Crippen LogP contribution is 2.11. The van der Waals surface area contributed by atoms with Gasteiger partial charge in [-0.3, -0.25) is 9.59 Å². The van der Waals surface area contributed by atoms with Crippen LogP contribution in [0.25, 0.3) is 5.69 Å². The standard InChI is InChI=1S/C19H17N3O3/c1-2-13-8-10-14(11-9-13)21-17(23)16-12-20-19(25)22(18(16)24)15-6-4-3-5-7-15/h3-12H,2H2,1H3,(H,20,25)(H,21,23). The minimum atomic E-state index is -0.669. The molecule has 0 saturated heterocycles. The molecule has 0 spiro atoms. The van der Waals surface area contributed by atoms with Crippen molar-refractivity contribution in [2.24, 2.45) is 0 Å². The largest absolute Gasteiger partial charge is 0.333 e. The molecule has 0 atom stereocenters. The Morgan fingerprint density at radius 2 is 1.72 bits per heavy atom. The Kier molecular flexibility index (Phi) is 4.61. The maximum Gasteiger partial charge on any atom is 0.333 e. The van der Waals surface area contributed by atoms with Gasteiger partial charge in [0, 0.05) is 11.9 Å². The van der Waals surface area contributed by atoms with Crippen molar-refractivity contribution in [1.29, 1.82) is 0 Å². The molecule has 3 aromatic rings. The van der Waals surface area contributed by atoms with E-state index in [1.165, 1.54) is 0 Å². The topological polar surface area (TPSA) is 84.0 Å². The van der Waals surface area contributed by atoms with Crippen LogP contribution >= 0.6 is 0 Å². The summed E-state index contributed by atoms with van der Waals surface area (Å²) >= 11 is 0. The van der Waals surface area contributed by atoms with E-state index >= 15 is 0 Å². The highest BCUT2D eigenvalue weighted by Gasteiger charge is 2.15. The lowest BCUT2D eigenvalue weighted by Crippen LogP contribution is -2.38. The Morgan fingerprint density at radius 3 is 2.36 bits per heavy atom. The van der Waals surface area contributed by atoms with Gasteiger partial charge in [0.15, 0.2) is 0 Å². The lowest BCUT2D eigenvalue weighted by atomic mass is 10.1. The van der Waals surface area contributed by atoms with Crippen molar-refractivity contribution < 1.29 is 4.79 Å². The number of H-pyrrole nitrogens is 1. The maximum absolute atomic E-state index is 12.6. The molecule has 0 fully saturated rings. The second-order valence-corrected chi connectivity index (χ2v) is 5.49. The SMILES string of the molecule is CCc1ccc(NC(=O)c2c[nH]c(=O)n(-c3ccccc3)c2=O)cc1. The molecule has 0 saturated carbocycles. The number of carbonyl (C=O) groups is 1. The number of nitrogens with one attached hydrogen (secondary N) is 2. The number of aromatic nitrogens is 2. The Hall–Kier alpha value is -3.41. The van der Waals surface area contributed by atoms with Crippen molar-refractivity contribution in [3.63, 3.8) is 0 Å². The molecule has 0 aliphatic heterocycles. The Labute approximate surface area is 143 Å². The number of nitrogens with zero attached hydrogens (tertiary/aromatic N) is 1. The molecule has 1 heterocycles. The van der Waals surface area contributed by atoms with E-state index in [1.54, 1.807) is 42.5 Å². The molecule has 6 heteroatoms. The Balaban J connectivity index is 1.96. The van der Waals surface area contributed by atoms with E-state index in [0.29, 0.717) is 11.4 Å². The minimum absolute atomic E-state index is 0.136. The fourth-order valence-corrected chi connectivity index (χ4v) is 2.47. The number of amides is 1. The van der Waals surface area contributed by atoms with Gasteiger partial charge in [-0.2, -0.15) is 0 Å². The first-order valence-electron chi connectivity index (χ1n) is 7.90. The fraction of sp³-hybridized carbons (Fsp3) is 0.105. The third kappa shape index (κ3) is 3.42. The molecule has 2 N–H and O–H groups in total. The van der Waals surface area contributed by atoms with E-state index in [9.17, 15) is 14.4 Å². The van der Waals surface area contributed by atoms with Gasteiger partial charge in [0.1, 0.15) is 5.56 Å². The summed E-state index contributed by atoms with van der Waals surface area (Å²) < 4.78 is 0.940. The predicted octanol–water partition coefficient (Wildman–Crippen LogP) is 2.34. The molecule has 126 valence electrons. The molecule has 0 bridgehead atoms. The summed E-state index contributed by atoms with van der Waals surface area (Å²) in [5, 5.41) is 2.67. The lowest BCUT2D eigenvalue weighted by molar-refractivity contribution is 0.102. The van der Waals surface area contributed by atoms with Gasteiger partial charge in [0.25, 0.3) is 11.5 Å². The Bertz CT molecular complexity index is 1000. The summed E-state index contributed by atoms with van der Waals surface area (Å²) in [7, 11) is 0. The molecule has 6 nitrogen and oxygen atoms in total. The minimum Gasteiger partial charge on any atom is -0.322 e. The second kappa shape index (κ2) is 7.00. The first-order valence-corrected chi connectivity index (χ1v) is 7.90. The number of aromatic amines is 1. The smallest absolute Gasteiger partial charge is 0.322 e. The van der Waals surface area contributed by atoms with Crippen LogP contribution in [-0.2, 0) is 6.42 Å². The van der Waals surface area contributed by atoms with Gasteiger partial charge in [0.2, 0.25) is 0 Å². The van der Waals surface area contributed by atoms with E-state index < -0.39 is 17.2 Å². The van der Waals surface area contributed by atoms with Crippen LogP contribution in [0, 0.1) is 0 Å². The predicted molar refractivity (Wildman–Crippen MR) is 96.4 cm³/mol. The van der Waals surface area contributed by atoms with Crippen molar-refractivity contribution >= 4 is 11.6 Å². The molecule has 25 heavy (non-hydrogen) atoms. The average molecular weight is 335 g/mol. The molecular formula is C19H17N3O3. The maximum atomic E-state index is 12.6. The number of aryl methyl sites for hydroxylation is 1. The number of para-hydroxylation sites is 1. The summed E-state index contributed by atoms with van der Waals surface area (Å²) in [6.07, 6.45) is 2.04. The van der Waals surface area contributed by atoms with E-state index in [2.05, 4.69) is 10.3 Å². The number of rotatable bonds is 4.